The molecule has 1 unspecified atom stereocenters. The number of nitrogen functional groups attached to an aromatic ring is 1. The monoisotopic (exact) mass is 265 g/mol. The molecule has 0 fully saturated rings. The summed E-state index contributed by atoms with van der Waals surface area (Å²) in [5.41, 5.74) is 6.36. The lowest BCUT2D eigenvalue weighted by molar-refractivity contribution is 0.0411. The SMILES string of the molecule is CC(CO)COC(=O)c1cc2cc(N)ccc2s1. The van der Waals surface area contributed by atoms with Crippen molar-refractivity contribution in [2.24, 2.45) is 5.92 Å². The number of fused-ring (bicyclic) bond motifs is 1. The molecule has 0 amide bonds. The lowest BCUT2D eigenvalue weighted by Crippen LogP contribution is -2.13. The molecule has 3 N–H and O–H groups in total. The number of benzene rings is 1. The molecular formula is C13H15NO3S. The van der Waals surface area contributed by atoms with Gasteiger partial charge in [0.1, 0.15) is 4.88 Å². The second-order valence-corrected chi connectivity index (χ2v) is 5.38. The van der Waals surface area contributed by atoms with E-state index in [1.165, 1.54) is 11.3 Å². The van der Waals surface area contributed by atoms with Gasteiger partial charge in [0.2, 0.25) is 0 Å². The average molecular weight is 265 g/mol. The van der Waals surface area contributed by atoms with Gasteiger partial charge in [-0.25, -0.2) is 4.79 Å². The van der Waals surface area contributed by atoms with Gasteiger partial charge in [-0.1, -0.05) is 6.92 Å². The minimum atomic E-state index is -0.352. The molecule has 0 saturated carbocycles. The summed E-state index contributed by atoms with van der Waals surface area (Å²) in [5.74, 6) is -0.394. The number of aliphatic hydroxyl groups is 1. The summed E-state index contributed by atoms with van der Waals surface area (Å²) >= 11 is 1.38. The molecule has 5 heteroatoms. The van der Waals surface area contributed by atoms with Crippen LogP contribution in [0.5, 0.6) is 0 Å². The van der Waals surface area contributed by atoms with Gasteiger partial charge in [0, 0.05) is 22.9 Å². The summed E-state index contributed by atoms with van der Waals surface area (Å²) in [6.07, 6.45) is 0. The normalized spacial score (nSPS) is 12.6. The Kier molecular flexibility index (Phi) is 3.84. The Labute approximate surface area is 109 Å². The van der Waals surface area contributed by atoms with Crippen molar-refractivity contribution in [2.75, 3.05) is 18.9 Å². The summed E-state index contributed by atoms with van der Waals surface area (Å²) in [7, 11) is 0. The number of carbonyl (C=O) groups is 1. The Balaban J connectivity index is 2.13. The van der Waals surface area contributed by atoms with E-state index < -0.39 is 0 Å². The maximum atomic E-state index is 11.8. The topological polar surface area (TPSA) is 72.5 Å². The van der Waals surface area contributed by atoms with Gasteiger partial charge in [-0.15, -0.1) is 11.3 Å². The van der Waals surface area contributed by atoms with E-state index in [1.54, 1.807) is 6.07 Å². The van der Waals surface area contributed by atoms with Crippen molar-refractivity contribution in [3.05, 3.63) is 29.1 Å². The number of hydrogen-bond acceptors (Lipinski definition) is 5. The highest BCUT2D eigenvalue weighted by Gasteiger charge is 2.13. The quantitative estimate of drug-likeness (QED) is 0.657. The number of esters is 1. The molecule has 1 heterocycles. The highest BCUT2D eigenvalue weighted by Crippen LogP contribution is 2.27. The molecule has 96 valence electrons. The Morgan fingerprint density at radius 1 is 1.50 bits per heavy atom. The van der Waals surface area contributed by atoms with Crippen molar-refractivity contribution < 1.29 is 14.6 Å². The molecule has 1 aromatic heterocycles. The highest BCUT2D eigenvalue weighted by atomic mass is 32.1. The fourth-order valence-corrected chi connectivity index (χ4v) is 2.44. The minimum Gasteiger partial charge on any atom is -0.461 e. The van der Waals surface area contributed by atoms with Crippen LogP contribution in [0.1, 0.15) is 16.6 Å². The number of nitrogens with two attached hydrogens (primary N) is 1. The second-order valence-electron chi connectivity index (χ2n) is 4.29. The first-order valence-electron chi connectivity index (χ1n) is 5.67. The highest BCUT2D eigenvalue weighted by molar-refractivity contribution is 7.20. The van der Waals surface area contributed by atoms with Gasteiger partial charge in [-0.05, 0) is 29.7 Å². The molecule has 2 aromatic rings. The molecule has 0 aliphatic rings. The maximum absolute atomic E-state index is 11.8. The molecule has 0 saturated heterocycles. The molecule has 2 rings (SSSR count). The van der Waals surface area contributed by atoms with E-state index in [4.69, 9.17) is 15.6 Å². The van der Waals surface area contributed by atoms with Gasteiger partial charge in [-0.3, -0.25) is 0 Å². The molecular weight excluding hydrogens is 250 g/mol. The molecule has 0 radical (unpaired) electrons. The maximum Gasteiger partial charge on any atom is 0.348 e. The van der Waals surface area contributed by atoms with E-state index in [9.17, 15) is 4.79 Å². The summed E-state index contributed by atoms with van der Waals surface area (Å²) in [6, 6.07) is 7.31. The van der Waals surface area contributed by atoms with Gasteiger partial charge in [0.05, 0.1) is 6.61 Å². The van der Waals surface area contributed by atoms with Crippen LogP contribution in [0.4, 0.5) is 5.69 Å². The Morgan fingerprint density at radius 2 is 2.28 bits per heavy atom. The zero-order valence-electron chi connectivity index (χ0n) is 10.1. The van der Waals surface area contributed by atoms with Crippen LogP contribution in [0, 0.1) is 5.92 Å². The predicted molar refractivity (Wildman–Crippen MR) is 72.8 cm³/mol. The van der Waals surface area contributed by atoms with Crippen molar-refractivity contribution in [2.45, 2.75) is 6.92 Å². The summed E-state index contributed by atoms with van der Waals surface area (Å²) in [4.78, 5) is 12.4. The number of carbonyl (C=O) groups excluding carboxylic acids is 1. The van der Waals surface area contributed by atoms with E-state index in [1.807, 2.05) is 25.1 Å². The van der Waals surface area contributed by atoms with Crippen LogP contribution in [0.15, 0.2) is 24.3 Å². The van der Waals surface area contributed by atoms with Gasteiger partial charge in [-0.2, -0.15) is 0 Å². The Bertz CT molecular complexity index is 564. The number of anilines is 1. The molecule has 18 heavy (non-hydrogen) atoms. The Hall–Kier alpha value is -1.59. The summed E-state index contributed by atoms with van der Waals surface area (Å²) in [5, 5.41) is 9.81. The van der Waals surface area contributed by atoms with Crippen LogP contribution in [0.2, 0.25) is 0 Å². The number of hydrogen-bond donors (Lipinski definition) is 2. The molecule has 4 nitrogen and oxygen atoms in total. The van der Waals surface area contributed by atoms with Gasteiger partial charge < -0.3 is 15.6 Å². The third kappa shape index (κ3) is 2.80. The first-order chi connectivity index (χ1) is 8.60. The molecule has 0 bridgehead atoms. The standard InChI is InChI=1S/C13H15NO3S/c1-8(6-15)7-17-13(16)12-5-9-4-10(14)2-3-11(9)18-12/h2-5,8,15H,6-7,14H2,1H3. The fourth-order valence-electron chi connectivity index (χ4n) is 1.50. The predicted octanol–water partition coefficient (Wildman–Crippen LogP) is 2.27. The van der Waals surface area contributed by atoms with Crippen molar-refractivity contribution in [3.8, 4) is 0 Å². The molecule has 0 spiro atoms. The van der Waals surface area contributed by atoms with Crippen LogP contribution in [-0.2, 0) is 4.74 Å². The largest absolute Gasteiger partial charge is 0.461 e. The zero-order chi connectivity index (χ0) is 13.1. The van der Waals surface area contributed by atoms with E-state index in [-0.39, 0.29) is 25.1 Å². The average Bonchev–Trinajstić information content (AvgIpc) is 2.78. The van der Waals surface area contributed by atoms with Gasteiger partial charge >= 0.3 is 5.97 Å². The summed E-state index contributed by atoms with van der Waals surface area (Å²) < 4.78 is 6.13. The van der Waals surface area contributed by atoms with Crippen molar-refractivity contribution in [3.63, 3.8) is 0 Å². The van der Waals surface area contributed by atoms with Crippen LogP contribution < -0.4 is 5.73 Å². The minimum absolute atomic E-state index is 0.0101. The third-order valence-electron chi connectivity index (χ3n) is 2.55. The second kappa shape index (κ2) is 5.37. The molecule has 1 aromatic carbocycles. The number of ether oxygens (including phenoxy) is 1. The number of rotatable bonds is 4. The third-order valence-corrected chi connectivity index (χ3v) is 3.65. The van der Waals surface area contributed by atoms with E-state index in [2.05, 4.69) is 0 Å². The van der Waals surface area contributed by atoms with Crippen LogP contribution in [0.25, 0.3) is 10.1 Å². The molecule has 1 atom stereocenters. The van der Waals surface area contributed by atoms with E-state index in [0.29, 0.717) is 10.6 Å². The lowest BCUT2D eigenvalue weighted by Gasteiger charge is -2.07. The lowest BCUT2D eigenvalue weighted by atomic mass is 10.2. The number of thiophene rings is 1. The number of aliphatic hydroxyl groups excluding tert-OH is 1. The Morgan fingerprint density at radius 3 is 3.00 bits per heavy atom. The molecule has 0 aliphatic carbocycles. The van der Waals surface area contributed by atoms with E-state index >= 15 is 0 Å². The van der Waals surface area contributed by atoms with Crippen molar-refractivity contribution in [1.29, 1.82) is 0 Å². The van der Waals surface area contributed by atoms with Gasteiger partial charge in [0.25, 0.3) is 0 Å². The van der Waals surface area contributed by atoms with Crippen LogP contribution in [0.3, 0.4) is 0 Å². The van der Waals surface area contributed by atoms with Crippen LogP contribution in [-0.4, -0.2) is 24.3 Å². The smallest absolute Gasteiger partial charge is 0.348 e. The molecule has 0 aliphatic heterocycles. The van der Waals surface area contributed by atoms with Crippen molar-refractivity contribution in [1.82, 2.24) is 0 Å². The van der Waals surface area contributed by atoms with Crippen LogP contribution >= 0.6 is 11.3 Å². The summed E-state index contributed by atoms with van der Waals surface area (Å²) in [6.45, 7) is 2.06. The van der Waals surface area contributed by atoms with Gasteiger partial charge in [0.15, 0.2) is 0 Å². The van der Waals surface area contributed by atoms with E-state index in [0.717, 1.165) is 10.1 Å². The fraction of sp³-hybridized carbons (Fsp3) is 0.308. The first-order valence-corrected chi connectivity index (χ1v) is 6.49. The zero-order valence-corrected chi connectivity index (χ0v) is 10.9. The van der Waals surface area contributed by atoms with Crippen molar-refractivity contribution >= 4 is 33.1 Å². The first kappa shape index (κ1) is 12.9.